The van der Waals surface area contributed by atoms with Gasteiger partial charge in [0.05, 0.1) is 13.2 Å². The Bertz CT molecular complexity index is 912. The molecule has 0 saturated heterocycles. The molecule has 2 aromatic carbocycles. The second kappa shape index (κ2) is 8.27. The minimum atomic E-state index is -0.935. The SMILES string of the molecule is COc1ccc(Cn2cc(CC(OC(C)C)C(=O)O)c3ccccc32)cc1. The molecule has 0 bridgehead atoms. The van der Waals surface area contributed by atoms with Crippen molar-refractivity contribution < 1.29 is 19.4 Å². The molecule has 0 amide bonds. The van der Waals surface area contributed by atoms with E-state index < -0.39 is 12.1 Å². The molecule has 1 N–H and O–H groups in total. The largest absolute Gasteiger partial charge is 0.497 e. The van der Waals surface area contributed by atoms with Gasteiger partial charge in [0.2, 0.25) is 0 Å². The fraction of sp³-hybridized carbons (Fsp3) is 0.318. The number of methoxy groups -OCH3 is 1. The third-order valence-electron chi connectivity index (χ3n) is 4.50. The first-order valence-corrected chi connectivity index (χ1v) is 9.06. The number of aromatic nitrogens is 1. The van der Waals surface area contributed by atoms with Gasteiger partial charge in [0, 0.05) is 30.1 Å². The minimum Gasteiger partial charge on any atom is -0.497 e. The van der Waals surface area contributed by atoms with Crippen LogP contribution in [-0.4, -0.2) is 35.0 Å². The molecular weight excluding hydrogens is 342 g/mol. The molecule has 1 atom stereocenters. The summed E-state index contributed by atoms with van der Waals surface area (Å²) in [4.78, 5) is 11.6. The summed E-state index contributed by atoms with van der Waals surface area (Å²) >= 11 is 0. The van der Waals surface area contributed by atoms with Crippen molar-refractivity contribution in [1.29, 1.82) is 0 Å². The Kier molecular flexibility index (Phi) is 5.81. The summed E-state index contributed by atoms with van der Waals surface area (Å²) in [6.07, 6.45) is 1.38. The molecular formula is C22H25NO4. The fourth-order valence-corrected chi connectivity index (χ4v) is 3.27. The smallest absolute Gasteiger partial charge is 0.333 e. The van der Waals surface area contributed by atoms with E-state index in [4.69, 9.17) is 9.47 Å². The van der Waals surface area contributed by atoms with Crippen molar-refractivity contribution in [3.05, 3.63) is 65.9 Å². The molecule has 3 rings (SSSR count). The van der Waals surface area contributed by atoms with Crippen molar-refractivity contribution in [3.8, 4) is 5.75 Å². The normalized spacial score (nSPS) is 12.4. The number of ether oxygens (including phenoxy) is 2. The number of para-hydroxylation sites is 1. The zero-order valence-electron chi connectivity index (χ0n) is 15.9. The Labute approximate surface area is 159 Å². The van der Waals surface area contributed by atoms with E-state index in [1.54, 1.807) is 7.11 Å². The van der Waals surface area contributed by atoms with Gasteiger partial charge in [-0.2, -0.15) is 0 Å². The van der Waals surface area contributed by atoms with E-state index in [9.17, 15) is 9.90 Å². The topological polar surface area (TPSA) is 60.7 Å². The highest BCUT2D eigenvalue weighted by Gasteiger charge is 2.22. The molecule has 0 spiro atoms. The molecule has 0 saturated carbocycles. The van der Waals surface area contributed by atoms with Crippen LogP contribution in [0.25, 0.3) is 10.9 Å². The molecule has 0 radical (unpaired) electrons. The second-order valence-electron chi connectivity index (χ2n) is 6.86. The molecule has 5 heteroatoms. The molecule has 142 valence electrons. The van der Waals surface area contributed by atoms with Crippen LogP contribution in [0.1, 0.15) is 25.0 Å². The van der Waals surface area contributed by atoms with Crippen LogP contribution >= 0.6 is 0 Å². The van der Waals surface area contributed by atoms with Gasteiger partial charge < -0.3 is 19.1 Å². The van der Waals surface area contributed by atoms with E-state index in [2.05, 4.69) is 10.6 Å². The van der Waals surface area contributed by atoms with Crippen molar-refractivity contribution in [2.75, 3.05) is 7.11 Å². The second-order valence-corrected chi connectivity index (χ2v) is 6.86. The lowest BCUT2D eigenvalue weighted by atomic mass is 10.1. The van der Waals surface area contributed by atoms with Crippen LogP contribution in [0.2, 0.25) is 0 Å². The van der Waals surface area contributed by atoms with Gasteiger partial charge >= 0.3 is 5.97 Å². The van der Waals surface area contributed by atoms with Crippen LogP contribution in [0.4, 0.5) is 0 Å². The summed E-state index contributed by atoms with van der Waals surface area (Å²) in [5.41, 5.74) is 3.21. The molecule has 3 aromatic rings. The fourth-order valence-electron chi connectivity index (χ4n) is 3.27. The third-order valence-corrected chi connectivity index (χ3v) is 4.50. The van der Waals surface area contributed by atoms with Crippen molar-refractivity contribution in [2.24, 2.45) is 0 Å². The average molecular weight is 367 g/mol. The molecule has 1 aromatic heterocycles. The molecule has 0 aliphatic carbocycles. The summed E-state index contributed by atoms with van der Waals surface area (Å²) in [5, 5.41) is 10.6. The third kappa shape index (κ3) is 4.49. The summed E-state index contributed by atoms with van der Waals surface area (Å²) in [6, 6.07) is 16.0. The van der Waals surface area contributed by atoms with Crippen LogP contribution in [-0.2, 0) is 22.5 Å². The maximum atomic E-state index is 11.6. The van der Waals surface area contributed by atoms with Crippen LogP contribution in [0.15, 0.2) is 54.7 Å². The lowest BCUT2D eigenvalue weighted by Crippen LogP contribution is -2.29. The van der Waals surface area contributed by atoms with Gasteiger partial charge in [0.25, 0.3) is 0 Å². The Morgan fingerprint density at radius 3 is 2.44 bits per heavy atom. The van der Waals surface area contributed by atoms with Gasteiger partial charge in [-0.25, -0.2) is 4.79 Å². The highest BCUT2D eigenvalue weighted by molar-refractivity contribution is 5.85. The lowest BCUT2D eigenvalue weighted by Gasteiger charge is -2.16. The first kappa shape index (κ1) is 19.0. The van der Waals surface area contributed by atoms with Gasteiger partial charge in [0.15, 0.2) is 6.10 Å². The number of carboxylic acid groups (broad SMARTS) is 1. The van der Waals surface area contributed by atoms with Crippen molar-refractivity contribution in [1.82, 2.24) is 4.57 Å². The first-order valence-electron chi connectivity index (χ1n) is 9.06. The molecule has 27 heavy (non-hydrogen) atoms. The van der Waals surface area contributed by atoms with Gasteiger partial charge in [-0.05, 0) is 43.2 Å². The summed E-state index contributed by atoms with van der Waals surface area (Å²) in [5.74, 6) is -0.109. The molecule has 0 aliphatic heterocycles. The highest BCUT2D eigenvalue weighted by Crippen LogP contribution is 2.25. The number of carboxylic acids is 1. The quantitative estimate of drug-likeness (QED) is 0.651. The van der Waals surface area contributed by atoms with Crippen molar-refractivity contribution in [3.63, 3.8) is 0 Å². The standard InChI is InChI=1S/C22H25NO4/c1-15(2)27-21(22(24)25)12-17-14-23(20-7-5-4-6-19(17)20)13-16-8-10-18(26-3)11-9-16/h4-11,14-15,21H,12-13H2,1-3H3,(H,24,25). The average Bonchev–Trinajstić information content (AvgIpc) is 2.99. The predicted octanol–water partition coefficient (Wildman–Crippen LogP) is 4.12. The summed E-state index contributed by atoms with van der Waals surface area (Å²) < 4.78 is 13.0. The van der Waals surface area contributed by atoms with E-state index in [0.717, 1.165) is 27.8 Å². The van der Waals surface area contributed by atoms with Crippen LogP contribution < -0.4 is 4.74 Å². The van der Waals surface area contributed by atoms with Crippen molar-refractivity contribution in [2.45, 2.75) is 39.0 Å². The number of aliphatic carboxylic acids is 1. The Hall–Kier alpha value is -2.79. The highest BCUT2D eigenvalue weighted by atomic mass is 16.5. The number of carbonyl (C=O) groups is 1. The number of fused-ring (bicyclic) bond motifs is 1. The van der Waals surface area contributed by atoms with E-state index in [-0.39, 0.29) is 6.10 Å². The summed E-state index contributed by atoms with van der Waals surface area (Å²) in [6.45, 7) is 4.40. The monoisotopic (exact) mass is 367 g/mol. The molecule has 0 aliphatic rings. The number of hydrogen-bond donors (Lipinski definition) is 1. The zero-order chi connectivity index (χ0) is 19.4. The van der Waals surface area contributed by atoms with E-state index >= 15 is 0 Å². The zero-order valence-corrected chi connectivity index (χ0v) is 15.9. The first-order chi connectivity index (χ1) is 13.0. The van der Waals surface area contributed by atoms with E-state index in [0.29, 0.717) is 13.0 Å². The Morgan fingerprint density at radius 2 is 1.81 bits per heavy atom. The van der Waals surface area contributed by atoms with Crippen molar-refractivity contribution >= 4 is 16.9 Å². The summed E-state index contributed by atoms with van der Waals surface area (Å²) in [7, 11) is 1.65. The van der Waals surface area contributed by atoms with Gasteiger partial charge in [-0.15, -0.1) is 0 Å². The number of benzene rings is 2. The van der Waals surface area contributed by atoms with Gasteiger partial charge in [0.1, 0.15) is 5.75 Å². The predicted molar refractivity (Wildman–Crippen MR) is 105 cm³/mol. The number of hydrogen-bond acceptors (Lipinski definition) is 3. The van der Waals surface area contributed by atoms with Gasteiger partial charge in [-0.3, -0.25) is 0 Å². The number of nitrogens with zero attached hydrogens (tertiary/aromatic N) is 1. The van der Waals surface area contributed by atoms with Crippen LogP contribution in [0.3, 0.4) is 0 Å². The lowest BCUT2D eigenvalue weighted by molar-refractivity contribution is -0.153. The maximum absolute atomic E-state index is 11.6. The van der Waals surface area contributed by atoms with Crippen LogP contribution in [0, 0.1) is 0 Å². The van der Waals surface area contributed by atoms with E-state index in [1.807, 2.05) is 62.5 Å². The molecule has 0 fully saturated rings. The van der Waals surface area contributed by atoms with E-state index in [1.165, 1.54) is 0 Å². The van der Waals surface area contributed by atoms with Crippen LogP contribution in [0.5, 0.6) is 5.75 Å². The molecule has 1 heterocycles. The number of rotatable bonds is 8. The van der Waals surface area contributed by atoms with Gasteiger partial charge in [-0.1, -0.05) is 30.3 Å². The Morgan fingerprint density at radius 1 is 1.11 bits per heavy atom. The molecule has 1 unspecified atom stereocenters. The Balaban J connectivity index is 1.91. The molecule has 5 nitrogen and oxygen atoms in total. The minimum absolute atomic E-state index is 0.140. The maximum Gasteiger partial charge on any atom is 0.333 e.